The predicted octanol–water partition coefficient (Wildman–Crippen LogP) is 7.08. The fourth-order valence-electron chi connectivity index (χ4n) is 5.32. The lowest BCUT2D eigenvalue weighted by Gasteiger charge is -2.23. The summed E-state index contributed by atoms with van der Waals surface area (Å²) in [4.78, 5) is 17.0. The van der Waals surface area contributed by atoms with E-state index in [1.807, 2.05) is 30.6 Å². The normalized spacial score (nSPS) is 14.3. The highest BCUT2D eigenvalue weighted by atomic mass is 19.1. The van der Waals surface area contributed by atoms with Crippen molar-refractivity contribution in [2.75, 3.05) is 0 Å². The van der Waals surface area contributed by atoms with Crippen LogP contribution >= 0.6 is 0 Å². The van der Waals surface area contributed by atoms with Gasteiger partial charge in [-0.15, -0.1) is 0 Å². The Morgan fingerprint density at radius 3 is 2.53 bits per heavy atom. The molecule has 0 radical (unpaired) electrons. The molecule has 7 rings (SSSR count). The van der Waals surface area contributed by atoms with Gasteiger partial charge in [0.15, 0.2) is 5.65 Å². The van der Waals surface area contributed by atoms with Crippen molar-refractivity contribution >= 4 is 22.1 Å². The van der Waals surface area contributed by atoms with Gasteiger partial charge in [-0.1, -0.05) is 18.6 Å². The van der Waals surface area contributed by atoms with Crippen LogP contribution in [0.15, 0.2) is 73.3 Å². The molecule has 0 saturated heterocycles. The van der Waals surface area contributed by atoms with Crippen LogP contribution in [-0.4, -0.2) is 36.2 Å². The summed E-state index contributed by atoms with van der Waals surface area (Å²) in [6, 6.07) is 14.6. The third kappa shape index (κ3) is 4.18. The van der Waals surface area contributed by atoms with Crippen molar-refractivity contribution in [3.8, 4) is 39.4 Å². The molecular formula is C30H25FN6O. The zero-order valence-electron chi connectivity index (χ0n) is 20.6. The number of rotatable bonds is 5. The fraction of sp³-hybridized carbons (Fsp3) is 0.200. The van der Waals surface area contributed by atoms with Gasteiger partial charge in [0.1, 0.15) is 17.2 Å². The molecule has 38 heavy (non-hydrogen) atoms. The number of aromatic amines is 2. The van der Waals surface area contributed by atoms with E-state index >= 15 is 0 Å². The maximum atomic E-state index is 13.5. The molecular weight excluding hydrogens is 479 g/mol. The minimum Gasteiger partial charge on any atom is -0.489 e. The van der Waals surface area contributed by atoms with Crippen LogP contribution < -0.4 is 4.74 Å². The minimum atomic E-state index is -0.262. The Morgan fingerprint density at radius 2 is 1.66 bits per heavy atom. The smallest absolute Gasteiger partial charge is 0.181 e. The Bertz CT molecular complexity index is 1750. The molecule has 0 aliphatic heterocycles. The molecule has 0 bridgehead atoms. The number of fused-ring (bicyclic) bond motifs is 2. The third-order valence-electron chi connectivity index (χ3n) is 7.27. The van der Waals surface area contributed by atoms with Crippen LogP contribution in [0.5, 0.6) is 5.75 Å². The molecule has 0 atom stereocenters. The van der Waals surface area contributed by atoms with Crippen molar-refractivity contribution in [1.82, 2.24) is 30.1 Å². The Kier molecular flexibility index (Phi) is 5.57. The Hall–Kier alpha value is -4.59. The Labute approximate surface area is 218 Å². The van der Waals surface area contributed by atoms with E-state index in [1.165, 1.54) is 31.4 Å². The molecule has 8 heteroatoms. The lowest BCUT2D eigenvalue weighted by atomic mass is 9.98. The van der Waals surface area contributed by atoms with E-state index < -0.39 is 0 Å². The highest BCUT2D eigenvalue weighted by Crippen LogP contribution is 2.34. The summed E-state index contributed by atoms with van der Waals surface area (Å²) in [5, 5.41) is 9.39. The monoisotopic (exact) mass is 504 g/mol. The van der Waals surface area contributed by atoms with Gasteiger partial charge in [0, 0.05) is 40.5 Å². The van der Waals surface area contributed by atoms with Crippen molar-refractivity contribution in [1.29, 1.82) is 0 Å². The molecule has 0 spiro atoms. The van der Waals surface area contributed by atoms with E-state index in [1.54, 1.807) is 24.5 Å². The lowest BCUT2D eigenvalue weighted by molar-refractivity contribution is 0.154. The molecule has 188 valence electrons. The van der Waals surface area contributed by atoms with Crippen LogP contribution in [0.1, 0.15) is 32.1 Å². The molecule has 2 N–H and O–H groups in total. The topological polar surface area (TPSA) is 92.4 Å². The zero-order valence-corrected chi connectivity index (χ0v) is 20.6. The molecule has 1 aromatic carbocycles. The van der Waals surface area contributed by atoms with Gasteiger partial charge >= 0.3 is 0 Å². The number of pyridine rings is 3. The second-order valence-corrected chi connectivity index (χ2v) is 9.79. The molecule has 6 aromatic rings. The van der Waals surface area contributed by atoms with E-state index in [0.717, 1.165) is 68.7 Å². The first-order valence-electron chi connectivity index (χ1n) is 12.9. The minimum absolute atomic E-state index is 0.261. The number of nitrogens with one attached hydrogen (secondary N) is 2. The number of ether oxygens (including phenoxy) is 1. The third-order valence-corrected chi connectivity index (χ3v) is 7.27. The van der Waals surface area contributed by atoms with E-state index in [2.05, 4.69) is 36.2 Å². The first kappa shape index (κ1) is 22.6. The largest absolute Gasteiger partial charge is 0.489 e. The average molecular weight is 505 g/mol. The highest BCUT2D eigenvalue weighted by Gasteiger charge is 2.17. The quantitative estimate of drug-likeness (QED) is 0.262. The predicted molar refractivity (Wildman–Crippen MR) is 145 cm³/mol. The lowest BCUT2D eigenvalue weighted by Crippen LogP contribution is -2.19. The van der Waals surface area contributed by atoms with Crippen molar-refractivity contribution in [2.24, 2.45) is 0 Å². The van der Waals surface area contributed by atoms with Gasteiger partial charge in [0.2, 0.25) is 0 Å². The molecule has 0 unspecified atom stereocenters. The Balaban J connectivity index is 1.25. The van der Waals surface area contributed by atoms with E-state index in [-0.39, 0.29) is 11.9 Å². The van der Waals surface area contributed by atoms with E-state index in [9.17, 15) is 4.39 Å². The van der Waals surface area contributed by atoms with Crippen LogP contribution in [0.4, 0.5) is 4.39 Å². The number of aromatic nitrogens is 6. The summed E-state index contributed by atoms with van der Waals surface area (Å²) in [5.74, 6) is 0.527. The second kappa shape index (κ2) is 9.37. The van der Waals surface area contributed by atoms with Gasteiger partial charge in [0.05, 0.1) is 23.7 Å². The first-order chi connectivity index (χ1) is 18.7. The number of H-pyrrole nitrogens is 2. The maximum Gasteiger partial charge on any atom is 0.181 e. The molecule has 1 aliphatic rings. The van der Waals surface area contributed by atoms with Crippen LogP contribution in [0.2, 0.25) is 0 Å². The fourth-order valence-corrected chi connectivity index (χ4v) is 5.32. The SMILES string of the molecule is Fc1ccc(-c2ccnc3[nH]c(-c4[nH]nc5ncc(-c6cncc(OC7CCCCC7)c6)cc45)cc23)cc1. The standard InChI is InChI=1S/C30H25FN6O/c31-21-8-6-18(7-9-21)24-10-11-33-29-25(24)14-27(35-29)28-26-13-20(16-34-30(26)37-36-28)19-12-23(17-32-15-19)38-22-4-2-1-3-5-22/h6-17,22H,1-5H2,(H,33,35)(H,34,36,37). The molecule has 1 saturated carbocycles. The highest BCUT2D eigenvalue weighted by molar-refractivity contribution is 5.99. The summed E-state index contributed by atoms with van der Waals surface area (Å²) in [6.07, 6.45) is 13.4. The van der Waals surface area contributed by atoms with Gasteiger partial charge in [-0.2, -0.15) is 5.10 Å². The summed E-state index contributed by atoms with van der Waals surface area (Å²) in [6.45, 7) is 0. The second-order valence-electron chi connectivity index (χ2n) is 9.79. The van der Waals surface area contributed by atoms with Gasteiger partial charge < -0.3 is 9.72 Å². The molecule has 5 heterocycles. The molecule has 1 fully saturated rings. The van der Waals surface area contributed by atoms with Gasteiger partial charge in [-0.3, -0.25) is 10.1 Å². The molecule has 7 nitrogen and oxygen atoms in total. The molecule has 1 aliphatic carbocycles. The number of nitrogens with zero attached hydrogens (tertiary/aromatic N) is 4. The van der Waals surface area contributed by atoms with E-state index in [0.29, 0.717) is 5.65 Å². The maximum absolute atomic E-state index is 13.5. The van der Waals surface area contributed by atoms with Gasteiger partial charge in [-0.25, -0.2) is 14.4 Å². The number of halogens is 1. The summed E-state index contributed by atoms with van der Waals surface area (Å²) < 4.78 is 19.7. The molecule has 0 amide bonds. The number of hydrogen-bond donors (Lipinski definition) is 2. The Morgan fingerprint density at radius 1 is 0.816 bits per heavy atom. The number of hydrogen-bond acceptors (Lipinski definition) is 5. The number of benzene rings is 1. The summed E-state index contributed by atoms with van der Waals surface area (Å²) >= 11 is 0. The van der Waals surface area contributed by atoms with Gasteiger partial charge in [0.25, 0.3) is 0 Å². The zero-order chi connectivity index (χ0) is 25.5. The van der Waals surface area contributed by atoms with Crippen LogP contribution in [-0.2, 0) is 0 Å². The summed E-state index contributed by atoms with van der Waals surface area (Å²) in [5.41, 5.74) is 6.80. The van der Waals surface area contributed by atoms with Crippen LogP contribution in [0.3, 0.4) is 0 Å². The van der Waals surface area contributed by atoms with Crippen molar-refractivity contribution in [3.05, 3.63) is 79.1 Å². The van der Waals surface area contributed by atoms with Gasteiger partial charge in [-0.05, 0) is 73.2 Å². The van der Waals surface area contributed by atoms with Crippen molar-refractivity contribution in [2.45, 2.75) is 38.2 Å². The first-order valence-corrected chi connectivity index (χ1v) is 12.9. The van der Waals surface area contributed by atoms with Crippen molar-refractivity contribution < 1.29 is 9.13 Å². The van der Waals surface area contributed by atoms with Crippen LogP contribution in [0, 0.1) is 5.82 Å². The van der Waals surface area contributed by atoms with Crippen molar-refractivity contribution in [3.63, 3.8) is 0 Å². The summed E-state index contributed by atoms with van der Waals surface area (Å²) in [7, 11) is 0. The average Bonchev–Trinajstić information content (AvgIpc) is 3.58. The molecule has 5 aromatic heterocycles. The van der Waals surface area contributed by atoms with Crippen LogP contribution in [0.25, 0.3) is 55.7 Å². The van der Waals surface area contributed by atoms with E-state index in [4.69, 9.17) is 4.74 Å².